The second kappa shape index (κ2) is 6.51. The second-order valence-electron chi connectivity index (χ2n) is 3.52. The normalized spacial score (nSPS) is 14.4. The number of rotatable bonds is 6. The van der Waals surface area contributed by atoms with E-state index >= 15 is 0 Å². The molecule has 1 N–H and O–H groups in total. The third-order valence-corrected chi connectivity index (χ3v) is 2.55. The Morgan fingerprint density at radius 1 is 1.44 bits per heavy atom. The molecule has 1 rings (SSSR count). The predicted molar refractivity (Wildman–Crippen MR) is 63.0 cm³/mol. The van der Waals surface area contributed by atoms with Crippen LogP contribution >= 0.6 is 11.6 Å². The van der Waals surface area contributed by atoms with Gasteiger partial charge in [0.05, 0.1) is 6.61 Å². The monoisotopic (exact) mass is 242 g/mol. The van der Waals surface area contributed by atoms with Gasteiger partial charge in [-0.2, -0.15) is 0 Å². The van der Waals surface area contributed by atoms with Gasteiger partial charge in [0.1, 0.15) is 0 Å². The van der Waals surface area contributed by atoms with Crippen molar-refractivity contribution < 1.29 is 14.6 Å². The molecule has 0 amide bonds. The molecule has 4 heteroatoms. The lowest BCUT2D eigenvalue weighted by Crippen LogP contribution is -2.30. The van der Waals surface area contributed by atoms with Crippen molar-refractivity contribution in [2.24, 2.45) is 0 Å². The highest BCUT2D eigenvalue weighted by atomic mass is 35.5. The second-order valence-corrected chi connectivity index (χ2v) is 3.90. The lowest BCUT2D eigenvalue weighted by Gasteiger charge is -2.20. The summed E-state index contributed by atoms with van der Waals surface area (Å²) in [6, 6.07) is 9.44. The van der Waals surface area contributed by atoms with Gasteiger partial charge in [-0.15, -0.1) is 11.6 Å². The van der Waals surface area contributed by atoms with Gasteiger partial charge in [0.15, 0.2) is 6.10 Å². The Morgan fingerprint density at radius 2 is 2.06 bits per heavy atom. The van der Waals surface area contributed by atoms with Crippen molar-refractivity contribution in [3.05, 3.63) is 35.9 Å². The lowest BCUT2D eigenvalue weighted by atomic mass is 9.95. The molecule has 0 aliphatic heterocycles. The first-order valence-corrected chi connectivity index (χ1v) is 5.65. The van der Waals surface area contributed by atoms with Crippen molar-refractivity contribution >= 4 is 17.6 Å². The molecule has 0 saturated heterocycles. The highest BCUT2D eigenvalue weighted by molar-refractivity contribution is 6.17. The summed E-state index contributed by atoms with van der Waals surface area (Å²) in [5, 5.41) is 9.06. The largest absolute Gasteiger partial charge is 0.479 e. The highest BCUT2D eigenvalue weighted by Crippen LogP contribution is 2.21. The third-order valence-electron chi connectivity index (χ3n) is 2.40. The van der Waals surface area contributed by atoms with E-state index in [-0.39, 0.29) is 12.5 Å². The average molecular weight is 243 g/mol. The van der Waals surface area contributed by atoms with E-state index < -0.39 is 12.1 Å². The number of ether oxygens (including phenoxy) is 1. The fourth-order valence-corrected chi connectivity index (χ4v) is 1.62. The zero-order chi connectivity index (χ0) is 12.0. The fourth-order valence-electron chi connectivity index (χ4n) is 1.53. The molecule has 0 aliphatic rings. The van der Waals surface area contributed by atoms with E-state index in [4.69, 9.17) is 21.4 Å². The molecule has 0 heterocycles. The first-order valence-electron chi connectivity index (χ1n) is 5.12. The van der Waals surface area contributed by atoms with E-state index in [1.54, 1.807) is 0 Å². The molecule has 0 bridgehead atoms. The van der Waals surface area contributed by atoms with Gasteiger partial charge in [0, 0.05) is 11.8 Å². The van der Waals surface area contributed by atoms with Crippen LogP contribution in [-0.2, 0) is 9.53 Å². The van der Waals surface area contributed by atoms with Crippen molar-refractivity contribution in [1.82, 2.24) is 0 Å². The van der Waals surface area contributed by atoms with Crippen molar-refractivity contribution in [2.75, 3.05) is 12.5 Å². The van der Waals surface area contributed by atoms with Gasteiger partial charge in [-0.05, 0) is 5.56 Å². The van der Waals surface area contributed by atoms with E-state index in [1.807, 2.05) is 37.3 Å². The number of aliphatic carboxylic acids is 1. The van der Waals surface area contributed by atoms with Crippen LogP contribution in [-0.4, -0.2) is 29.7 Å². The lowest BCUT2D eigenvalue weighted by molar-refractivity contribution is -0.151. The number of hydrogen-bond donors (Lipinski definition) is 1. The van der Waals surface area contributed by atoms with Crippen molar-refractivity contribution in [3.8, 4) is 0 Å². The Bertz CT molecular complexity index is 326. The predicted octanol–water partition coefficient (Wildman–Crippen LogP) is 2.50. The summed E-state index contributed by atoms with van der Waals surface area (Å²) in [4.78, 5) is 11.1. The van der Waals surface area contributed by atoms with Crippen LogP contribution in [0.5, 0.6) is 0 Å². The Labute approximate surface area is 100.0 Å². The number of alkyl halides is 1. The smallest absolute Gasteiger partial charge is 0.333 e. The molecule has 0 spiro atoms. The maximum absolute atomic E-state index is 11.1. The summed E-state index contributed by atoms with van der Waals surface area (Å²) < 4.78 is 5.24. The Morgan fingerprint density at radius 3 is 2.56 bits per heavy atom. The van der Waals surface area contributed by atoms with E-state index in [0.29, 0.717) is 5.88 Å². The van der Waals surface area contributed by atoms with E-state index in [2.05, 4.69) is 0 Å². The van der Waals surface area contributed by atoms with Gasteiger partial charge in [0.25, 0.3) is 0 Å². The molecule has 0 radical (unpaired) electrons. The molecule has 2 unspecified atom stereocenters. The Kier molecular flexibility index (Phi) is 5.29. The minimum atomic E-state index is -0.957. The summed E-state index contributed by atoms with van der Waals surface area (Å²) in [5.41, 5.74) is 0.949. The maximum Gasteiger partial charge on any atom is 0.333 e. The van der Waals surface area contributed by atoms with E-state index in [0.717, 1.165) is 5.56 Å². The van der Waals surface area contributed by atoms with Gasteiger partial charge in [0.2, 0.25) is 0 Å². The minimum Gasteiger partial charge on any atom is -0.479 e. The minimum absolute atomic E-state index is 0.193. The molecule has 1 aromatic carbocycles. The molecule has 1 aromatic rings. The quantitative estimate of drug-likeness (QED) is 0.780. The van der Waals surface area contributed by atoms with Gasteiger partial charge in [-0.1, -0.05) is 37.3 Å². The summed E-state index contributed by atoms with van der Waals surface area (Å²) in [6.07, 6.45) is -0.846. The summed E-state index contributed by atoms with van der Waals surface area (Å²) in [5.74, 6) is -0.853. The number of carboxylic acid groups (broad SMARTS) is 1. The number of benzene rings is 1. The number of carbonyl (C=O) groups is 1. The van der Waals surface area contributed by atoms with Gasteiger partial charge >= 0.3 is 5.97 Å². The highest BCUT2D eigenvalue weighted by Gasteiger charge is 2.26. The fraction of sp³-hybridized carbons (Fsp3) is 0.417. The average Bonchev–Trinajstić information content (AvgIpc) is 2.30. The number of hydrogen-bond acceptors (Lipinski definition) is 2. The number of carboxylic acids is 1. The molecule has 2 atom stereocenters. The first-order chi connectivity index (χ1) is 7.66. The zero-order valence-electron chi connectivity index (χ0n) is 9.10. The zero-order valence-corrected chi connectivity index (χ0v) is 9.85. The van der Waals surface area contributed by atoms with Crippen LogP contribution in [0.25, 0.3) is 0 Å². The molecule has 0 aliphatic carbocycles. The van der Waals surface area contributed by atoms with E-state index in [9.17, 15) is 4.79 Å². The van der Waals surface area contributed by atoms with Crippen LogP contribution in [0, 0.1) is 0 Å². The van der Waals surface area contributed by atoms with Crippen LogP contribution in [0.1, 0.15) is 18.4 Å². The standard InChI is InChI=1S/C12H15ClO3/c1-9(10-5-3-2-4-6-10)11(12(14)15)16-8-7-13/h2-6,9,11H,7-8H2,1H3,(H,14,15). The number of halogens is 1. The molecule has 0 saturated carbocycles. The topological polar surface area (TPSA) is 46.5 Å². The van der Waals surface area contributed by atoms with Crippen molar-refractivity contribution in [3.63, 3.8) is 0 Å². The SMILES string of the molecule is CC(c1ccccc1)C(OCCCl)C(=O)O. The van der Waals surface area contributed by atoms with Gasteiger partial charge < -0.3 is 9.84 Å². The van der Waals surface area contributed by atoms with Crippen molar-refractivity contribution in [1.29, 1.82) is 0 Å². The molecule has 3 nitrogen and oxygen atoms in total. The van der Waals surface area contributed by atoms with Crippen LogP contribution in [0.2, 0.25) is 0 Å². The first kappa shape index (κ1) is 13.0. The Hall–Kier alpha value is -1.06. The molecule has 88 valence electrons. The van der Waals surface area contributed by atoms with Gasteiger partial charge in [-0.25, -0.2) is 4.79 Å². The van der Waals surface area contributed by atoms with E-state index in [1.165, 1.54) is 0 Å². The molecular formula is C12H15ClO3. The maximum atomic E-state index is 11.1. The van der Waals surface area contributed by atoms with Crippen LogP contribution < -0.4 is 0 Å². The van der Waals surface area contributed by atoms with Crippen LogP contribution in [0.3, 0.4) is 0 Å². The molecule has 0 aromatic heterocycles. The van der Waals surface area contributed by atoms with Crippen LogP contribution in [0.15, 0.2) is 30.3 Å². The molecular weight excluding hydrogens is 228 g/mol. The summed E-state index contributed by atoms with van der Waals surface area (Å²) in [7, 11) is 0. The van der Waals surface area contributed by atoms with Gasteiger partial charge in [-0.3, -0.25) is 0 Å². The third kappa shape index (κ3) is 3.51. The van der Waals surface area contributed by atoms with Crippen molar-refractivity contribution in [2.45, 2.75) is 18.9 Å². The summed E-state index contributed by atoms with van der Waals surface area (Å²) >= 11 is 5.48. The summed E-state index contributed by atoms with van der Waals surface area (Å²) in [6.45, 7) is 2.08. The molecule has 16 heavy (non-hydrogen) atoms. The van der Waals surface area contributed by atoms with Crippen LogP contribution in [0.4, 0.5) is 0 Å². The molecule has 0 fully saturated rings. The Balaban J connectivity index is 2.75.